The number of carbonyl (C=O) groups excluding carboxylic acids is 2. The second-order valence-corrected chi connectivity index (χ2v) is 7.92. The van der Waals surface area contributed by atoms with Gasteiger partial charge in [-0.25, -0.2) is 9.78 Å². The highest BCUT2D eigenvalue weighted by molar-refractivity contribution is 6.00. The van der Waals surface area contributed by atoms with Crippen molar-refractivity contribution in [1.82, 2.24) is 14.9 Å². The summed E-state index contributed by atoms with van der Waals surface area (Å²) in [5, 5.41) is 6.20. The van der Waals surface area contributed by atoms with Crippen molar-refractivity contribution in [3.05, 3.63) is 64.8 Å². The first kappa shape index (κ1) is 23.0. The molecular weight excluding hydrogens is 436 g/mol. The van der Waals surface area contributed by atoms with Crippen molar-refractivity contribution in [2.45, 2.75) is 13.0 Å². The fourth-order valence-corrected chi connectivity index (χ4v) is 3.84. The molecule has 10 nitrogen and oxygen atoms in total. The number of primary amides is 1. The summed E-state index contributed by atoms with van der Waals surface area (Å²) in [5.74, 6) is -0.196. The van der Waals surface area contributed by atoms with E-state index in [1.165, 1.54) is 24.4 Å². The average Bonchev–Trinajstić information content (AvgIpc) is 2.83. The molecule has 0 fully saturated rings. The molecule has 0 unspecified atom stereocenters. The van der Waals surface area contributed by atoms with Gasteiger partial charge in [-0.15, -0.1) is 0 Å². The Labute approximate surface area is 197 Å². The van der Waals surface area contributed by atoms with E-state index < -0.39 is 11.9 Å². The maximum absolute atomic E-state index is 12.1. The maximum Gasteiger partial charge on any atom is 0.339 e. The first-order valence-corrected chi connectivity index (χ1v) is 10.7. The molecule has 0 radical (unpaired) electrons. The maximum atomic E-state index is 12.1. The van der Waals surface area contributed by atoms with E-state index in [-0.39, 0.29) is 22.9 Å². The van der Waals surface area contributed by atoms with Gasteiger partial charge in [-0.2, -0.15) is 4.98 Å². The van der Waals surface area contributed by atoms with Crippen LogP contribution in [0.1, 0.15) is 31.8 Å². The molecule has 2 aromatic carbocycles. The molecule has 2 heterocycles. The summed E-state index contributed by atoms with van der Waals surface area (Å²) in [6.07, 6.45) is 2.28. The Morgan fingerprint density at radius 2 is 1.85 bits per heavy atom. The lowest BCUT2D eigenvalue weighted by Crippen LogP contribution is -2.26. The Morgan fingerprint density at radius 1 is 1.06 bits per heavy atom. The zero-order valence-electron chi connectivity index (χ0n) is 19.2. The molecule has 0 saturated heterocycles. The number of ether oxygens (including phenoxy) is 2. The topological polar surface area (TPSA) is 132 Å². The fraction of sp³-hybridized carbons (Fsp3) is 0.250. The van der Waals surface area contributed by atoms with Gasteiger partial charge in [-0.1, -0.05) is 12.1 Å². The molecule has 0 saturated carbocycles. The largest absolute Gasteiger partial charge is 0.495 e. The van der Waals surface area contributed by atoms with Crippen LogP contribution in [0.15, 0.2) is 42.6 Å². The summed E-state index contributed by atoms with van der Waals surface area (Å²) in [5.41, 5.74) is 9.44. The summed E-state index contributed by atoms with van der Waals surface area (Å²) in [7, 11) is 4.98. The van der Waals surface area contributed by atoms with Crippen LogP contribution >= 0.6 is 0 Å². The zero-order valence-corrected chi connectivity index (χ0v) is 19.2. The Morgan fingerprint density at radius 3 is 2.59 bits per heavy atom. The summed E-state index contributed by atoms with van der Waals surface area (Å²) in [4.78, 5) is 35.1. The van der Waals surface area contributed by atoms with E-state index >= 15 is 0 Å². The number of para-hydroxylation sites is 1. The molecule has 4 N–H and O–H groups in total. The van der Waals surface area contributed by atoms with Crippen LogP contribution in [-0.2, 0) is 17.7 Å². The number of benzene rings is 2. The number of aromatic nitrogens is 2. The molecular formula is C24H26N6O4. The van der Waals surface area contributed by atoms with Gasteiger partial charge in [0, 0.05) is 19.3 Å². The fourth-order valence-electron chi connectivity index (χ4n) is 3.84. The van der Waals surface area contributed by atoms with Crippen molar-refractivity contribution in [3.8, 4) is 5.75 Å². The Balaban J connectivity index is 1.70. The molecule has 1 aliphatic rings. The van der Waals surface area contributed by atoms with Gasteiger partial charge in [0.25, 0.3) is 5.91 Å². The number of fused-ring (bicyclic) bond motifs is 1. The van der Waals surface area contributed by atoms with Gasteiger partial charge in [-0.3, -0.25) is 4.79 Å². The van der Waals surface area contributed by atoms with Gasteiger partial charge in [-0.05, 0) is 48.9 Å². The first-order chi connectivity index (χ1) is 16.4. The second kappa shape index (κ2) is 9.75. The molecule has 4 rings (SSSR count). The third-order valence-electron chi connectivity index (χ3n) is 5.61. The average molecular weight is 463 g/mol. The van der Waals surface area contributed by atoms with E-state index in [0.29, 0.717) is 17.1 Å². The Kier molecular flexibility index (Phi) is 6.60. The minimum atomic E-state index is -0.709. The molecule has 176 valence electrons. The van der Waals surface area contributed by atoms with Crippen molar-refractivity contribution in [1.29, 1.82) is 0 Å². The molecule has 0 aliphatic carbocycles. The number of rotatable bonds is 7. The van der Waals surface area contributed by atoms with Gasteiger partial charge >= 0.3 is 5.97 Å². The molecule has 10 heteroatoms. The zero-order chi connectivity index (χ0) is 24.2. The third-order valence-corrected chi connectivity index (χ3v) is 5.61. The lowest BCUT2D eigenvalue weighted by Gasteiger charge is -2.26. The number of nitrogens with zero attached hydrogens (tertiary/aromatic N) is 3. The lowest BCUT2D eigenvalue weighted by molar-refractivity contribution is 0.0601. The Bertz CT molecular complexity index is 1250. The number of nitrogens with one attached hydrogen (secondary N) is 2. The highest BCUT2D eigenvalue weighted by Crippen LogP contribution is 2.33. The van der Waals surface area contributed by atoms with E-state index in [0.717, 1.165) is 19.5 Å². The highest BCUT2D eigenvalue weighted by Gasteiger charge is 2.19. The quantitative estimate of drug-likeness (QED) is 0.454. The van der Waals surface area contributed by atoms with Gasteiger partial charge in [0.1, 0.15) is 17.1 Å². The van der Waals surface area contributed by atoms with Crippen molar-refractivity contribution in [3.63, 3.8) is 0 Å². The summed E-state index contributed by atoms with van der Waals surface area (Å²) in [6, 6.07) is 10.8. The smallest absolute Gasteiger partial charge is 0.339 e. The summed E-state index contributed by atoms with van der Waals surface area (Å²) >= 11 is 0. The minimum Gasteiger partial charge on any atom is -0.495 e. The number of anilines is 4. The van der Waals surface area contributed by atoms with Crippen LogP contribution in [0, 0.1) is 0 Å². The molecule has 3 aromatic rings. The van der Waals surface area contributed by atoms with Crippen molar-refractivity contribution >= 4 is 35.0 Å². The van der Waals surface area contributed by atoms with E-state index in [2.05, 4.69) is 32.5 Å². The van der Waals surface area contributed by atoms with Gasteiger partial charge in [0.2, 0.25) is 5.95 Å². The van der Waals surface area contributed by atoms with Crippen LogP contribution < -0.4 is 21.1 Å². The molecule has 0 bridgehead atoms. The number of esters is 1. The minimum absolute atomic E-state index is 0.0734. The molecule has 34 heavy (non-hydrogen) atoms. The number of carbonyl (C=O) groups is 2. The van der Waals surface area contributed by atoms with Crippen LogP contribution in [0.4, 0.5) is 23.1 Å². The SMILES string of the molecule is COC(=O)c1ccccc1Nc1nc(Nc2cc3c(cc2OC)CCN(C)C3)ncc1C(N)=O. The van der Waals surface area contributed by atoms with Crippen LogP contribution in [-0.4, -0.2) is 54.6 Å². The van der Waals surface area contributed by atoms with Crippen LogP contribution in [0.3, 0.4) is 0 Å². The monoisotopic (exact) mass is 462 g/mol. The Hall–Kier alpha value is -4.18. The molecule has 0 atom stereocenters. The summed E-state index contributed by atoms with van der Waals surface area (Å²) in [6.45, 7) is 1.81. The number of hydrogen-bond acceptors (Lipinski definition) is 9. The predicted molar refractivity (Wildman–Crippen MR) is 128 cm³/mol. The number of nitrogens with two attached hydrogens (primary N) is 1. The van der Waals surface area contributed by atoms with Crippen molar-refractivity contribution in [2.24, 2.45) is 5.73 Å². The number of methoxy groups -OCH3 is 2. The number of hydrogen-bond donors (Lipinski definition) is 3. The van der Waals surface area contributed by atoms with Gasteiger partial charge in [0.15, 0.2) is 0 Å². The van der Waals surface area contributed by atoms with Crippen molar-refractivity contribution in [2.75, 3.05) is 38.4 Å². The van der Waals surface area contributed by atoms with Crippen LogP contribution in [0.5, 0.6) is 5.75 Å². The van der Waals surface area contributed by atoms with Crippen LogP contribution in [0.25, 0.3) is 0 Å². The molecule has 1 aliphatic heterocycles. The van der Waals surface area contributed by atoms with Crippen LogP contribution in [0.2, 0.25) is 0 Å². The van der Waals surface area contributed by atoms with E-state index in [9.17, 15) is 9.59 Å². The van der Waals surface area contributed by atoms with Crippen molar-refractivity contribution < 1.29 is 19.1 Å². The van der Waals surface area contributed by atoms with E-state index in [1.807, 2.05) is 12.1 Å². The third kappa shape index (κ3) is 4.76. The summed E-state index contributed by atoms with van der Waals surface area (Å²) < 4.78 is 10.4. The second-order valence-electron chi connectivity index (χ2n) is 7.92. The molecule has 0 spiro atoms. The first-order valence-electron chi connectivity index (χ1n) is 10.7. The molecule has 1 amide bonds. The highest BCUT2D eigenvalue weighted by atomic mass is 16.5. The molecule has 1 aromatic heterocycles. The van der Waals surface area contributed by atoms with E-state index in [4.69, 9.17) is 15.2 Å². The lowest BCUT2D eigenvalue weighted by atomic mass is 9.99. The van der Waals surface area contributed by atoms with Gasteiger partial charge in [0.05, 0.1) is 31.2 Å². The normalized spacial score (nSPS) is 13.0. The van der Waals surface area contributed by atoms with E-state index in [1.54, 1.807) is 31.4 Å². The van der Waals surface area contributed by atoms with Gasteiger partial charge < -0.3 is 30.7 Å². The number of likely N-dealkylation sites (N-methyl/N-ethyl adjacent to an activating group) is 1. The standard InChI is InChI=1S/C24H26N6O4/c1-30-9-8-14-11-20(33-2)19(10-15(14)13-30)28-24-26-12-17(21(25)31)22(29-24)27-18-7-5-4-6-16(18)23(32)34-3/h4-7,10-12H,8-9,13H2,1-3H3,(H2,25,31)(H2,26,27,28,29). The number of amides is 1. The predicted octanol–water partition coefficient (Wildman–Crippen LogP) is 2.85.